The summed E-state index contributed by atoms with van der Waals surface area (Å²) in [5, 5.41) is 9.04. The molecule has 0 bridgehead atoms. The Morgan fingerprint density at radius 1 is 1.57 bits per heavy atom. The molecule has 1 aliphatic rings. The first-order chi connectivity index (χ1) is 10.2. The highest BCUT2D eigenvalue weighted by Gasteiger charge is 2.20. The number of hydrogen-bond acceptors (Lipinski definition) is 3. The normalized spacial score (nSPS) is 19.8. The zero-order valence-corrected chi connectivity index (χ0v) is 12.8. The summed E-state index contributed by atoms with van der Waals surface area (Å²) in [5.74, 6) is 0.826. The molecule has 3 rings (SSSR count). The lowest BCUT2D eigenvalue weighted by molar-refractivity contribution is 0.100. The van der Waals surface area contributed by atoms with Crippen LogP contribution in [0, 0.1) is 11.3 Å². The van der Waals surface area contributed by atoms with Gasteiger partial charge in [0.2, 0.25) is 0 Å². The quantitative estimate of drug-likeness (QED) is 0.808. The molecule has 1 aromatic carbocycles. The predicted octanol–water partition coefficient (Wildman–Crippen LogP) is 3.78. The Hall–Kier alpha value is -1.57. The highest BCUT2D eigenvalue weighted by atomic mass is 35.5. The van der Waals surface area contributed by atoms with Crippen molar-refractivity contribution in [1.82, 2.24) is 9.55 Å². The van der Waals surface area contributed by atoms with Crippen LogP contribution < -0.4 is 0 Å². The SMILES string of the molecule is CC(Cl)c1nc2c(C#N)cccc2n1CCC1CCCO1. The fourth-order valence-corrected chi connectivity index (χ4v) is 3.11. The van der Waals surface area contributed by atoms with E-state index in [0.29, 0.717) is 11.7 Å². The largest absolute Gasteiger partial charge is 0.378 e. The number of nitrogens with zero attached hydrogens (tertiary/aromatic N) is 3. The van der Waals surface area contributed by atoms with Crippen LogP contribution in [0.4, 0.5) is 0 Å². The molecular formula is C16H18ClN3O. The third kappa shape index (κ3) is 2.76. The maximum atomic E-state index is 9.22. The van der Waals surface area contributed by atoms with E-state index in [1.165, 1.54) is 0 Å². The molecule has 1 aliphatic heterocycles. The maximum Gasteiger partial charge on any atom is 0.127 e. The number of imidazole rings is 1. The summed E-state index contributed by atoms with van der Waals surface area (Å²) >= 11 is 6.27. The van der Waals surface area contributed by atoms with Crippen LogP contribution >= 0.6 is 11.6 Å². The number of para-hydroxylation sites is 1. The van der Waals surface area contributed by atoms with Crippen LogP contribution in [-0.2, 0) is 11.3 Å². The molecule has 2 aromatic rings. The molecule has 1 aromatic heterocycles. The van der Waals surface area contributed by atoms with Crippen LogP contribution in [0.15, 0.2) is 18.2 Å². The Balaban J connectivity index is 1.98. The van der Waals surface area contributed by atoms with E-state index in [1.54, 1.807) is 6.07 Å². The molecule has 4 nitrogen and oxygen atoms in total. The summed E-state index contributed by atoms with van der Waals surface area (Å²) in [6, 6.07) is 7.90. The molecule has 5 heteroatoms. The number of rotatable bonds is 4. The van der Waals surface area contributed by atoms with Gasteiger partial charge in [-0.15, -0.1) is 11.6 Å². The van der Waals surface area contributed by atoms with Gasteiger partial charge >= 0.3 is 0 Å². The minimum atomic E-state index is -0.187. The molecule has 1 saturated heterocycles. The summed E-state index contributed by atoms with van der Waals surface area (Å²) in [7, 11) is 0. The third-order valence-corrected chi connectivity index (χ3v) is 4.18. The van der Waals surface area contributed by atoms with Crippen molar-refractivity contribution in [2.75, 3.05) is 6.61 Å². The highest BCUT2D eigenvalue weighted by molar-refractivity contribution is 6.20. The number of hydrogen-bond donors (Lipinski definition) is 0. The Morgan fingerprint density at radius 3 is 3.10 bits per heavy atom. The molecule has 1 fully saturated rings. The molecule has 0 saturated carbocycles. The molecule has 0 N–H and O–H groups in total. The number of fused-ring (bicyclic) bond motifs is 1. The van der Waals surface area contributed by atoms with Gasteiger partial charge in [-0.3, -0.25) is 0 Å². The Morgan fingerprint density at radius 2 is 2.43 bits per heavy atom. The Bertz CT molecular complexity index is 681. The van der Waals surface area contributed by atoms with Crippen molar-refractivity contribution in [2.24, 2.45) is 0 Å². The molecule has 2 atom stereocenters. The average Bonchev–Trinajstić information content (AvgIpc) is 3.11. The fraction of sp³-hybridized carbons (Fsp3) is 0.500. The smallest absolute Gasteiger partial charge is 0.127 e. The first kappa shape index (κ1) is 14.4. The van der Waals surface area contributed by atoms with Crippen molar-refractivity contribution in [1.29, 1.82) is 5.26 Å². The van der Waals surface area contributed by atoms with Crippen molar-refractivity contribution in [3.05, 3.63) is 29.6 Å². The first-order valence-corrected chi connectivity index (χ1v) is 7.79. The first-order valence-electron chi connectivity index (χ1n) is 7.35. The Kier molecular flexibility index (Phi) is 4.14. The van der Waals surface area contributed by atoms with Crippen molar-refractivity contribution >= 4 is 22.6 Å². The van der Waals surface area contributed by atoms with E-state index in [9.17, 15) is 5.26 Å². The summed E-state index contributed by atoms with van der Waals surface area (Å²) in [6.07, 6.45) is 3.56. The van der Waals surface area contributed by atoms with Gasteiger partial charge in [0.1, 0.15) is 17.4 Å². The van der Waals surface area contributed by atoms with Crippen LogP contribution in [0.3, 0.4) is 0 Å². The second-order valence-electron chi connectivity index (χ2n) is 5.45. The monoisotopic (exact) mass is 303 g/mol. The van der Waals surface area contributed by atoms with Gasteiger partial charge in [-0.05, 0) is 38.3 Å². The fourth-order valence-electron chi connectivity index (χ4n) is 2.94. The third-order valence-electron chi connectivity index (χ3n) is 3.98. The number of aromatic nitrogens is 2. The van der Waals surface area contributed by atoms with Gasteiger partial charge in [-0.2, -0.15) is 5.26 Å². The topological polar surface area (TPSA) is 50.8 Å². The van der Waals surface area contributed by atoms with E-state index in [4.69, 9.17) is 16.3 Å². The van der Waals surface area contributed by atoms with E-state index in [0.717, 1.165) is 49.3 Å². The molecular weight excluding hydrogens is 286 g/mol. The second kappa shape index (κ2) is 6.05. The van der Waals surface area contributed by atoms with Crippen LogP contribution in [0.25, 0.3) is 11.0 Å². The van der Waals surface area contributed by atoms with Crippen molar-refractivity contribution in [3.63, 3.8) is 0 Å². The van der Waals surface area contributed by atoms with E-state index < -0.39 is 0 Å². The molecule has 0 spiro atoms. The Labute approximate surface area is 129 Å². The van der Waals surface area contributed by atoms with Gasteiger partial charge in [0.15, 0.2) is 0 Å². The number of alkyl halides is 1. The van der Waals surface area contributed by atoms with Crippen LogP contribution in [-0.4, -0.2) is 22.3 Å². The van der Waals surface area contributed by atoms with Gasteiger partial charge in [0, 0.05) is 13.2 Å². The summed E-state index contributed by atoms with van der Waals surface area (Å²) in [5.41, 5.74) is 2.33. The minimum absolute atomic E-state index is 0.187. The zero-order chi connectivity index (χ0) is 14.8. The van der Waals surface area contributed by atoms with Gasteiger partial charge < -0.3 is 9.30 Å². The van der Waals surface area contributed by atoms with Crippen LogP contribution in [0.2, 0.25) is 0 Å². The lowest BCUT2D eigenvalue weighted by Gasteiger charge is -2.13. The van der Waals surface area contributed by atoms with Gasteiger partial charge in [-0.1, -0.05) is 6.07 Å². The molecule has 2 heterocycles. The van der Waals surface area contributed by atoms with Crippen LogP contribution in [0.1, 0.15) is 43.0 Å². The lowest BCUT2D eigenvalue weighted by Crippen LogP contribution is -2.12. The molecule has 0 radical (unpaired) electrons. The number of ether oxygens (including phenoxy) is 1. The number of nitriles is 1. The van der Waals surface area contributed by atoms with E-state index in [2.05, 4.69) is 15.6 Å². The van der Waals surface area contributed by atoms with Crippen LogP contribution in [0.5, 0.6) is 0 Å². The second-order valence-corrected chi connectivity index (χ2v) is 6.10. The lowest BCUT2D eigenvalue weighted by atomic mass is 10.1. The van der Waals surface area contributed by atoms with E-state index in [1.807, 2.05) is 19.1 Å². The maximum absolute atomic E-state index is 9.22. The zero-order valence-electron chi connectivity index (χ0n) is 12.1. The van der Waals surface area contributed by atoms with E-state index >= 15 is 0 Å². The van der Waals surface area contributed by atoms with Gasteiger partial charge in [0.05, 0.1) is 22.6 Å². The number of aryl methyl sites for hydroxylation is 1. The molecule has 0 amide bonds. The van der Waals surface area contributed by atoms with E-state index in [-0.39, 0.29) is 5.38 Å². The number of benzene rings is 1. The van der Waals surface area contributed by atoms with Crippen molar-refractivity contribution < 1.29 is 4.74 Å². The molecule has 2 unspecified atom stereocenters. The van der Waals surface area contributed by atoms with Crippen molar-refractivity contribution in [3.8, 4) is 6.07 Å². The average molecular weight is 304 g/mol. The number of halogens is 1. The van der Waals surface area contributed by atoms with Gasteiger partial charge in [0.25, 0.3) is 0 Å². The molecule has 21 heavy (non-hydrogen) atoms. The summed E-state index contributed by atoms with van der Waals surface area (Å²) < 4.78 is 7.82. The molecule has 0 aliphatic carbocycles. The van der Waals surface area contributed by atoms with Crippen molar-refractivity contribution in [2.45, 2.75) is 44.2 Å². The summed E-state index contributed by atoms with van der Waals surface area (Å²) in [6.45, 7) is 3.60. The minimum Gasteiger partial charge on any atom is -0.378 e. The highest BCUT2D eigenvalue weighted by Crippen LogP contribution is 2.27. The van der Waals surface area contributed by atoms with Gasteiger partial charge in [-0.25, -0.2) is 4.98 Å². The molecule has 110 valence electrons. The standard InChI is InChI=1S/C16H18ClN3O/c1-11(17)16-19-15-12(10-18)4-2-6-14(15)20(16)8-7-13-5-3-9-21-13/h2,4,6,11,13H,3,5,7-9H2,1H3. The summed E-state index contributed by atoms with van der Waals surface area (Å²) in [4.78, 5) is 4.60. The predicted molar refractivity (Wildman–Crippen MR) is 82.3 cm³/mol.